The molecule has 0 aliphatic rings. The minimum absolute atomic E-state index is 0.182. The van der Waals surface area contributed by atoms with Crippen LogP contribution in [0.5, 0.6) is 11.5 Å². The van der Waals surface area contributed by atoms with Crippen molar-refractivity contribution in [1.29, 1.82) is 0 Å². The van der Waals surface area contributed by atoms with Crippen molar-refractivity contribution in [1.82, 2.24) is 0 Å². The number of allylic oxidation sites excluding steroid dienone is 4. The van der Waals surface area contributed by atoms with Crippen molar-refractivity contribution in [3.05, 3.63) is 82.5 Å². The molecule has 26 heavy (non-hydrogen) atoms. The summed E-state index contributed by atoms with van der Waals surface area (Å²) in [5.74, 6) is 0.364. The highest BCUT2D eigenvalue weighted by atomic mass is 16.3. The maximum absolute atomic E-state index is 10.3. The predicted molar refractivity (Wildman–Crippen MR) is 110 cm³/mol. The molecule has 0 spiro atoms. The van der Waals surface area contributed by atoms with E-state index in [2.05, 4.69) is 45.1 Å². The highest BCUT2D eigenvalue weighted by Crippen LogP contribution is 2.30. The summed E-state index contributed by atoms with van der Waals surface area (Å²) in [4.78, 5) is 0. The molecule has 0 aromatic heterocycles. The van der Waals surface area contributed by atoms with Gasteiger partial charge in [0.1, 0.15) is 11.5 Å². The van der Waals surface area contributed by atoms with E-state index < -0.39 is 0 Å². The van der Waals surface area contributed by atoms with E-state index in [-0.39, 0.29) is 11.5 Å². The number of benzene rings is 2. The Morgan fingerprint density at radius 3 is 2.08 bits per heavy atom. The minimum atomic E-state index is 0.182. The standard InChI is InChI=1S/C24H30O2/c1-18(2)8-7-9-19(3)12-15-22-23(25)16-21(17-24(22)26)14-13-20-10-5-4-6-11-20/h4-6,8,10-12,16-17,25-26H,7,9,13-15H2,1-3H3/b19-12+. The first-order valence-electron chi connectivity index (χ1n) is 9.32. The van der Waals surface area contributed by atoms with Gasteiger partial charge < -0.3 is 10.2 Å². The molecular formula is C24H30O2. The van der Waals surface area contributed by atoms with Crippen LogP contribution in [0.15, 0.2) is 65.8 Å². The van der Waals surface area contributed by atoms with Gasteiger partial charge in [-0.05, 0) is 76.1 Å². The van der Waals surface area contributed by atoms with Crippen LogP contribution in [0.25, 0.3) is 0 Å². The van der Waals surface area contributed by atoms with Gasteiger partial charge in [-0.1, -0.05) is 53.6 Å². The lowest BCUT2D eigenvalue weighted by Gasteiger charge is -2.10. The first-order chi connectivity index (χ1) is 12.5. The zero-order valence-corrected chi connectivity index (χ0v) is 16.1. The fraction of sp³-hybridized carbons (Fsp3) is 0.333. The van der Waals surface area contributed by atoms with Crippen LogP contribution >= 0.6 is 0 Å². The van der Waals surface area contributed by atoms with Crippen molar-refractivity contribution in [2.75, 3.05) is 0 Å². The number of aromatic hydroxyl groups is 2. The molecule has 0 aliphatic heterocycles. The zero-order chi connectivity index (χ0) is 18.9. The van der Waals surface area contributed by atoms with E-state index in [0.717, 1.165) is 31.2 Å². The Kier molecular flexibility index (Phi) is 7.53. The quantitative estimate of drug-likeness (QED) is 0.563. The SMILES string of the molecule is CC(C)=CCC/C(C)=C/Cc1c(O)cc(CCc2ccccc2)cc1O. The Morgan fingerprint density at radius 2 is 1.46 bits per heavy atom. The molecule has 2 N–H and O–H groups in total. The van der Waals surface area contributed by atoms with Crippen LogP contribution in [0, 0.1) is 0 Å². The van der Waals surface area contributed by atoms with Gasteiger partial charge in [-0.3, -0.25) is 0 Å². The third kappa shape index (κ3) is 6.44. The van der Waals surface area contributed by atoms with Crippen LogP contribution < -0.4 is 0 Å². The first kappa shape index (κ1) is 19.8. The lowest BCUT2D eigenvalue weighted by atomic mass is 9.99. The fourth-order valence-corrected chi connectivity index (χ4v) is 2.95. The summed E-state index contributed by atoms with van der Waals surface area (Å²) >= 11 is 0. The van der Waals surface area contributed by atoms with Crippen molar-refractivity contribution in [3.63, 3.8) is 0 Å². The molecular weight excluding hydrogens is 320 g/mol. The molecule has 138 valence electrons. The van der Waals surface area contributed by atoms with Gasteiger partial charge in [-0.15, -0.1) is 0 Å². The number of phenols is 2. The van der Waals surface area contributed by atoms with Crippen molar-refractivity contribution in [2.45, 2.75) is 52.9 Å². The van der Waals surface area contributed by atoms with Gasteiger partial charge in [0.05, 0.1) is 0 Å². The maximum Gasteiger partial charge on any atom is 0.123 e. The van der Waals surface area contributed by atoms with Gasteiger partial charge in [-0.2, -0.15) is 0 Å². The van der Waals surface area contributed by atoms with E-state index in [0.29, 0.717) is 12.0 Å². The van der Waals surface area contributed by atoms with Crippen LogP contribution in [-0.4, -0.2) is 10.2 Å². The zero-order valence-electron chi connectivity index (χ0n) is 16.1. The summed E-state index contributed by atoms with van der Waals surface area (Å²) in [7, 11) is 0. The third-order valence-corrected chi connectivity index (χ3v) is 4.55. The molecule has 0 fully saturated rings. The highest BCUT2D eigenvalue weighted by Gasteiger charge is 2.09. The summed E-state index contributed by atoms with van der Waals surface area (Å²) in [5.41, 5.74) is 5.42. The number of hydrogen-bond donors (Lipinski definition) is 2. The van der Waals surface area contributed by atoms with Gasteiger partial charge in [0.25, 0.3) is 0 Å². The van der Waals surface area contributed by atoms with Crippen LogP contribution in [0.4, 0.5) is 0 Å². The van der Waals surface area contributed by atoms with Crippen molar-refractivity contribution >= 4 is 0 Å². The molecule has 0 amide bonds. The number of hydrogen-bond acceptors (Lipinski definition) is 2. The fourth-order valence-electron chi connectivity index (χ4n) is 2.95. The Bertz CT molecular complexity index is 743. The molecule has 0 saturated heterocycles. The topological polar surface area (TPSA) is 40.5 Å². The van der Waals surface area contributed by atoms with E-state index in [1.807, 2.05) is 18.2 Å². The Balaban J connectivity index is 1.99. The highest BCUT2D eigenvalue weighted by molar-refractivity contribution is 5.48. The molecule has 2 rings (SSSR count). The van der Waals surface area contributed by atoms with Gasteiger partial charge in [0, 0.05) is 5.56 Å². The molecule has 0 aliphatic carbocycles. The summed E-state index contributed by atoms with van der Waals surface area (Å²) in [5, 5.41) is 20.7. The van der Waals surface area contributed by atoms with Gasteiger partial charge in [-0.25, -0.2) is 0 Å². The largest absolute Gasteiger partial charge is 0.508 e. The molecule has 0 bridgehead atoms. The molecule has 2 aromatic carbocycles. The van der Waals surface area contributed by atoms with E-state index in [9.17, 15) is 10.2 Å². The normalized spacial score (nSPS) is 11.4. The molecule has 0 saturated carbocycles. The Labute approximate surface area is 157 Å². The summed E-state index contributed by atoms with van der Waals surface area (Å²) in [6.07, 6.45) is 8.59. The average molecular weight is 351 g/mol. The Morgan fingerprint density at radius 1 is 0.846 bits per heavy atom. The van der Waals surface area contributed by atoms with Crippen molar-refractivity contribution < 1.29 is 10.2 Å². The third-order valence-electron chi connectivity index (χ3n) is 4.55. The lowest BCUT2D eigenvalue weighted by molar-refractivity contribution is 0.439. The second kappa shape index (κ2) is 9.86. The number of rotatable bonds is 8. The smallest absolute Gasteiger partial charge is 0.123 e. The number of aryl methyl sites for hydroxylation is 2. The van der Waals surface area contributed by atoms with Gasteiger partial charge in [0.2, 0.25) is 0 Å². The Hall–Kier alpha value is -2.48. The van der Waals surface area contributed by atoms with E-state index >= 15 is 0 Å². The van der Waals surface area contributed by atoms with E-state index in [4.69, 9.17) is 0 Å². The van der Waals surface area contributed by atoms with Crippen LogP contribution in [0.1, 0.15) is 50.3 Å². The van der Waals surface area contributed by atoms with E-state index in [1.165, 1.54) is 16.7 Å². The molecule has 2 nitrogen and oxygen atoms in total. The monoisotopic (exact) mass is 350 g/mol. The van der Waals surface area contributed by atoms with E-state index in [1.54, 1.807) is 12.1 Å². The van der Waals surface area contributed by atoms with Crippen molar-refractivity contribution in [3.8, 4) is 11.5 Å². The second-order valence-corrected chi connectivity index (χ2v) is 7.17. The molecule has 2 heteroatoms. The molecule has 0 radical (unpaired) electrons. The lowest BCUT2D eigenvalue weighted by Crippen LogP contribution is -1.94. The molecule has 2 aromatic rings. The second-order valence-electron chi connectivity index (χ2n) is 7.17. The maximum atomic E-state index is 10.3. The van der Waals surface area contributed by atoms with Crippen LogP contribution in [0.3, 0.4) is 0 Å². The molecule has 0 atom stereocenters. The van der Waals surface area contributed by atoms with Crippen LogP contribution in [-0.2, 0) is 19.3 Å². The molecule has 0 heterocycles. The minimum Gasteiger partial charge on any atom is -0.508 e. The summed E-state index contributed by atoms with van der Waals surface area (Å²) in [6.45, 7) is 6.31. The molecule has 0 unspecified atom stereocenters. The van der Waals surface area contributed by atoms with Gasteiger partial charge in [0.15, 0.2) is 0 Å². The average Bonchev–Trinajstić information content (AvgIpc) is 2.60. The van der Waals surface area contributed by atoms with Gasteiger partial charge >= 0.3 is 0 Å². The first-order valence-corrected chi connectivity index (χ1v) is 9.32. The summed E-state index contributed by atoms with van der Waals surface area (Å²) in [6, 6.07) is 13.8. The van der Waals surface area contributed by atoms with Crippen molar-refractivity contribution in [2.24, 2.45) is 0 Å². The predicted octanol–water partition coefficient (Wildman–Crippen LogP) is 6.12. The van der Waals surface area contributed by atoms with Crippen LogP contribution in [0.2, 0.25) is 0 Å². The summed E-state index contributed by atoms with van der Waals surface area (Å²) < 4.78 is 0. The number of phenolic OH excluding ortho intramolecular Hbond substituents is 2.